The molecule has 6 nitrogen and oxygen atoms in total. The van der Waals surface area contributed by atoms with Crippen molar-refractivity contribution < 1.29 is 23.1 Å². The number of pyridine rings is 1. The normalized spacial score (nSPS) is 12.2. The molecule has 10 heteroatoms. The molecule has 3 aromatic rings. The predicted octanol–water partition coefficient (Wildman–Crippen LogP) is 4.18. The number of fused-ring (bicyclic) bond motifs is 1. The maximum absolute atomic E-state index is 12.6. The quantitative estimate of drug-likeness (QED) is 0.603. The molecule has 3 rings (SSSR count). The average Bonchev–Trinajstić information content (AvgIpc) is 2.70. The number of aryl methyl sites for hydroxylation is 1. The highest BCUT2D eigenvalue weighted by Gasteiger charge is 2.38. The Morgan fingerprint density at radius 1 is 1.23 bits per heavy atom. The number of halogens is 4. The van der Waals surface area contributed by atoms with E-state index < -0.39 is 12.1 Å². The van der Waals surface area contributed by atoms with E-state index in [1.54, 1.807) is 10.6 Å². The molecule has 2 N–H and O–H groups in total. The Bertz CT molecular complexity index is 1120. The van der Waals surface area contributed by atoms with Gasteiger partial charge in [0.15, 0.2) is 0 Å². The Morgan fingerprint density at radius 3 is 2.45 bits per heavy atom. The monoisotopic (exact) mass is 455 g/mol. The summed E-state index contributed by atoms with van der Waals surface area (Å²) < 4.78 is 33.3. The summed E-state index contributed by atoms with van der Waals surface area (Å²) in [5.74, 6) is -2.76. The summed E-state index contributed by atoms with van der Waals surface area (Å²) in [5.41, 5.74) is 3.28. The second-order valence-electron chi connectivity index (χ2n) is 6.66. The Kier molecular flexibility index (Phi) is 8.18. The molecule has 1 aromatic carbocycles. The maximum Gasteiger partial charge on any atom is 0.490 e. The number of benzene rings is 1. The minimum absolute atomic E-state index is 0.00490. The number of carbonyl (C=O) groups is 1. The van der Waals surface area contributed by atoms with E-state index in [0.717, 1.165) is 21.8 Å². The van der Waals surface area contributed by atoms with Gasteiger partial charge in [-0.15, -0.1) is 0 Å². The number of aromatic nitrogens is 2. The first-order valence-electron chi connectivity index (χ1n) is 9.27. The number of aliphatic carboxylic acids is 1. The van der Waals surface area contributed by atoms with Crippen LogP contribution in [0.1, 0.15) is 29.8 Å². The molecule has 0 saturated heterocycles. The molecule has 0 unspecified atom stereocenters. The first kappa shape index (κ1) is 24.4. The van der Waals surface area contributed by atoms with Gasteiger partial charge in [0.25, 0.3) is 5.56 Å². The van der Waals surface area contributed by atoms with E-state index in [1.165, 1.54) is 0 Å². The lowest BCUT2D eigenvalue weighted by atomic mass is 10.1. The van der Waals surface area contributed by atoms with E-state index >= 15 is 0 Å². The number of alkyl halides is 3. The van der Waals surface area contributed by atoms with E-state index in [2.05, 4.69) is 17.2 Å². The molecule has 0 amide bonds. The number of nitrogens with zero attached hydrogens (tertiary/aromatic N) is 2. The minimum Gasteiger partial charge on any atom is -0.475 e. The van der Waals surface area contributed by atoms with Crippen molar-refractivity contribution in [2.75, 3.05) is 6.54 Å². The van der Waals surface area contributed by atoms with Crippen molar-refractivity contribution in [2.45, 2.75) is 32.5 Å². The highest BCUT2D eigenvalue weighted by Crippen LogP contribution is 2.22. The lowest BCUT2D eigenvalue weighted by molar-refractivity contribution is -0.192. The molecule has 0 aliphatic heterocycles. The molecule has 0 radical (unpaired) electrons. The highest BCUT2D eigenvalue weighted by molar-refractivity contribution is 6.31. The van der Waals surface area contributed by atoms with Crippen molar-refractivity contribution in [3.8, 4) is 0 Å². The van der Waals surface area contributed by atoms with Gasteiger partial charge in [-0.3, -0.25) is 9.20 Å². The predicted molar refractivity (Wildman–Crippen MR) is 111 cm³/mol. The van der Waals surface area contributed by atoms with Gasteiger partial charge in [-0.25, -0.2) is 9.78 Å². The molecular weight excluding hydrogens is 435 g/mol. The van der Waals surface area contributed by atoms with Crippen molar-refractivity contribution in [3.63, 3.8) is 0 Å². The Morgan fingerprint density at radius 2 is 1.84 bits per heavy atom. The van der Waals surface area contributed by atoms with Gasteiger partial charge >= 0.3 is 12.1 Å². The number of carboxylic acids is 1. The minimum atomic E-state index is -5.08. The Labute approximate surface area is 181 Å². The average molecular weight is 456 g/mol. The van der Waals surface area contributed by atoms with Crippen molar-refractivity contribution in [3.05, 3.63) is 80.9 Å². The number of rotatable bonds is 5. The molecule has 2 heterocycles. The number of hydrogen-bond acceptors (Lipinski definition) is 4. The van der Waals surface area contributed by atoms with Crippen LogP contribution in [0.25, 0.3) is 5.65 Å². The van der Waals surface area contributed by atoms with Crippen LogP contribution in [-0.4, -0.2) is 33.2 Å². The molecule has 1 atom stereocenters. The maximum atomic E-state index is 12.6. The molecule has 166 valence electrons. The van der Waals surface area contributed by atoms with Crippen LogP contribution in [0.5, 0.6) is 0 Å². The van der Waals surface area contributed by atoms with E-state index in [1.807, 2.05) is 49.4 Å². The zero-order valence-corrected chi connectivity index (χ0v) is 17.5. The van der Waals surface area contributed by atoms with Crippen LogP contribution in [-0.2, 0) is 11.2 Å². The van der Waals surface area contributed by atoms with Gasteiger partial charge in [0.1, 0.15) is 5.65 Å². The molecule has 0 saturated carbocycles. The van der Waals surface area contributed by atoms with Crippen LogP contribution in [0.4, 0.5) is 13.2 Å². The van der Waals surface area contributed by atoms with Gasteiger partial charge in [0, 0.05) is 35.1 Å². The fourth-order valence-electron chi connectivity index (χ4n) is 2.87. The van der Waals surface area contributed by atoms with Gasteiger partial charge < -0.3 is 10.4 Å². The third-order valence-electron chi connectivity index (χ3n) is 4.47. The lowest BCUT2D eigenvalue weighted by Gasteiger charge is -2.16. The molecule has 2 aromatic heterocycles. The molecule has 0 bridgehead atoms. The molecule has 0 spiro atoms. The molecule has 0 fully saturated rings. The van der Waals surface area contributed by atoms with E-state index in [-0.39, 0.29) is 11.6 Å². The number of nitrogens with one attached hydrogen (secondary N) is 1. The molecular formula is C21H21ClF3N3O3. The summed E-state index contributed by atoms with van der Waals surface area (Å²) in [6.45, 7) is 4.64. The third kappa shape index (κ3) is 6.53. The third-order valence-corrected chi connectivity index (χ3v) is 4.82. The van der Waals surface area contributed by atoms with Gasteiger partial charge in [-0.05, 0) is 44.0 Å². The molecule has 31 heavy (non-hydrogen) atoms. The molecule has 0 aliphatic carbocycles. The zero-order valence-electron chi connectivity index (χ0n) is 16.8. The summed E-state index contributed by atoms with van der Waals surface area (Å²) in [6, 6.07) is 13.5. The topological polar surface area (TPSA) is 83.7 Å². The largest absolute Gasteiger partial charge is 0.490 e. The van der Waals surface area contributed by atoms with E-state index in [0.29, 0.717) is 18.6 Å². The fraction of sp³-hybridized carbons (Fsp3) is 0.286. The Hall–Kier alpha value is -2.91. The summed E-state index contributed by atoms with van der Waals surface area (Å²) in [4.78, 5) is 26.0. The van der Waals surface area contributed by atoms with Crippen LogP contribution in [0, 0.1) is 6.92 Å². The summed E-state index contributed by atoms with van der Waals surface area (Å²) in [6.07, 6.45) is -2.70. The van der Waals surface area contributed by atoms with Gasteiger partial charge in [-0.1, -0.05) is 35.9 Å². The van der Waals surface area contributed by atoms with Crippen LogP contribution < -0.4 is 10.9 Å². The summed E-state index contributed by atoms with van der Waals surface area (Å²) in [5, 5.41) is 11.3. The lowest BCUT2D eigenvalue weighted by Crippen LogP contribution is -2.27. The Balaban J connectivity index is 0.000000423. The standard InChI is InChI=1S/C19H20ClN3O.C2HF3O2/c1-13(15-7-3-4-8-17(15)20)21-11-10-16-14(2)22-18-9-5-6-12-23(18)19(16)24;3-2(4,5)1(6)7/h3-9,12-13,21H,10-11H2,1-2H3;(H,6,7)/t13-;/m0./s1. The fourth-order valence-corrected chi connectivity index (χ4v) is 3.17. The first-order chi connectivity index (χ1) is 14.5. The van der Waals surface area contributed by atoms with Crippen LogP contribution in [0.15, 0.2) is 53.5 Å². The highest BCUT2D eigenvalue weighted by atomic mass is 35.5. The molecule has 0 aliphatic rings. The summed E-state index contributed by atoms with van der Waals surface area (Å²) in [7, 11) is 0. The second-order valence-corrected chi connectivity index (χ2v) is 7.07. The van der Waals surface area contributed by atoms with Gasteiger partial charge in [0.05, 0.1) is 0 Å². The van der Waals surface area contributed by atoms with Crippen LogP contribution >= 0.6 is 11.6 Å². The van der Waals surface area contributed by atoms with Gasteiger partial charge in [0.2, 0.25) is 0 Å². The second kappa shape index (κ2) is 10.4. The van der Waals surface area contributed by atoms with Crippen molar-refractivity contribution in [2.24, 2.45) is 0 Å². The number of hydrogen-bond donors (Lipinski definition) is 2. The van der Waals surface area contributed by atoms with Crippen LogP contribution in [0.2, 0.25) is 5.02 Å². The van der Waals surface area contributed by atoms with Crippen molar-refractivity contribution in [1.29, 1.82) is 0 Å². The zero-order chi connectivity index (χ0) is 23.2. The number of carboxylic acid groups (broad SMARTS) is 1. The SMILES string of the molecule is Cc1nc2ccccn2c(=O)c1CCN[C@@H](C)c1ccccc1Cl.O=C(O)C(F)(F)F. The first-order valence-corrected chi connectivity index (χ1v) is 9.65. The summed E-state index contributed by atoms with van der Waals surface area (Å²) >= 11 is 6.23. The van der Waals surface area contributed by atoms with Crippen LogP contribution in [0.3, 0.4) is 0 Å². The van der Waals surface area contributed by atoms with Crippen molar-refractivity contribution in [1.82, 2.24) is 14.7 Å². The van der Waals surface area contributed by atoms with E-state index in [9.17, 15) is 18.0 Å². The van der Waals surface area contributed by atoms with Gasteiger partial charge in [-0.2, -0.15) is 13.2 Å². The smallest absolute Gasteiger partial charge is 0.475 e. The van der Waals surface area contributed by atoms with Crippen molar-refractivity contribution >= 4 is 23.2 Å². The van der Waals surface area contributed by atoms with E-state index in [4.69, 9.17) is 21.5 Å².